The van der Waals surface area contributed by atoms with Gasteiger partial charge in [-0.25, -0.2) is 4.98 Å². The summed E-state index contributed by atoms with van der Waals surface area (Å²) >= 11 is 1.53. The number of hydrogen-bond acceptors (Lipinski definition) is 5. The standard InChI is InChI=1S/C12H10N2O3S/c1-7-13-9-3-2-8(6-10(9)18-7)14-11(15)4-5-12(16)17/h2-6H,1H3,(H,14,15)(H,16,17)/p-1. The molecule has 0 aliphatic rings. The summed E-state index contributed by atoms with van der Waals surface area (Å²) in [5.41, 5.74) is 1.47. The number of aliphatic carboxylic acids is 1. The zero-order valence-corrected chi connectivity index (χ0v) is 10.3. The molecule has 0 bridgehead atoms. The molecular formula is C12H9N2O3S-. The average molecular weight is 261 g/mol. The molecule has 1 heterocycles. The lowest BCUT2D eigenvalue weighted by Crippen LogP contribution is -2.20. The van der Waals surface area contributed by atoms with E-state index in [1.165, 1.54) is 11.3 Å². The first kappa shape index (κ1) is 12.3. The summed E-state index contributed by atoms with van der Waals surface area (Å²) in [7, 11) is 0. The molecule has 5 nitrogen and oxygen atoms in total. The highest BCUT2D eigenvalue weighted by molar-refractivity contribution is 7.18. The number of nitrogens with one attached hydrogen (secondary N) is 1. The van der Waals surface area contributed by atoms with Crippen LogP contribution in [0.1, 0.15) is 5.01 Å². The molecule has 0 radical (unpaired) electrons. The number of aryl methyl sites for hydroxylation is 1. The van der Waals surface area contributed by atoms with E-state index in [0.29, 0.717) is 11.8 Å². The van der Waals surface area contributed by atoms with Crippen molar-refractivity contribution in [3.05, 3.63) is 35.4 Å². The van der Waals surface area contributed by atoms with E-state index in [9.17, 15) is 14.7 Å². The fraction of sp³-hybridized carbons (Fsp3) is 0.0833. The van der Waals surface area contributed by atoms with Gasteiger partial charge >= 0.3 is 0 Å². The van der Waals surface area contributed by atoms with Gasteiger partial charge in [-0.05, 0) is 31.2 Å². The number of amides is 1. The van der Waals surface area contributed by atoms with Crippen molar-refractivity contribution in [1.82, 2.24) is 4.98 Å². The Morgan fingerprint density at radius 2 is 2.17 bits per heavy atom. The van der Waals surface area contributed by atoms with E-state index in [2.05, 4.69) is 10.3 Å². The fourth-order valence-electron chi connectivity index (χ4n) is 1.45. The molecule has 92 valence electrons. The number of thiazole rings is 1. The van der Waals surface area contributed by atoms with Gasteiger partial charge in [-0.15, -0.1) is 11.3 Å². The molecule has 2 aromatic rings. The SMILES string of the molecule is Cc1nc2ccc(NC(=O)C=CC(=O)[O-])cc2s1. The van der Waals surface area contributed by atoms with Crippen molar-refractivity contribution in [2.75, 3.05) is 5.32 Å². The van der Waals surface area contributed by atoms with Gasteiger partial charge in [-0.3, -0.25) is 4.79 Å². The van der Waals surface area contributed by atoms with E-state index in [-0.39, 0.29) is 0 Å². The van der Waals surface area contributed by atoms with Crippen LogP contribution in [-0.4, -0.2) is 16.9 Å². The minimum absolute atomic E-state index is 0.514. The molecule has 0 saturated carbocycles. The highest BCUT2D eigenvalue weighted by atomic mass is 32.1. The summed E-state index contributed by atoms with van der Waals surface area (Å²) in [6, 6.07) is 5.31. The lowest BCUT2D eigenvalue weighted by atomic mass is 10.3. The van der Waals surface area contributed by atoms with Gasteiger partial charge in [0.15, 0.2) is 0 Å². The van der Waals surface area contributed by atoms with Crippen molar-refractivity contribution < 1.29 is 14.7 Å². The summed E-state index contributed by atoms with van der Waals surface area (Å²) < 4.78 is 0.967. The third-order valence-corrected chi connectivity index (χ3v) is 3.07. The topological polar surface area (TPSA) is 82.1 Å². The normalized spacial score (nSPS) is 10.9. The largest absolute Gasteiger partial charge is 0.545 e. The maximum absolute atomic E-state index is 11.4. The van der Waals surface area contributed by atoms with Crippen LogP contribution in [0, 0.1) is 6.92 Å². The first-order valence-corrected chi connectivity index (χ1v) is 5.93. The van der Waals surface area contributed by atoms with Crippen LogP contribution in [0.3, 0.4) is 0 Å². The number of aromatic nitrogens is 1. The summed E-state index contributed by atoms with van der Waals surface area (Å²) in [6.07, 6.45) is 1.60. The predicted molar refractivity (Wildman–Crippen MR) is 67.1 cm³/mol. The van der Waals surface area contributed by atoms with Crippen LogP contribution in [0.25, 0.3) is 10.2 Å². The second kappa shape index (κ2) is 4.97. The molecule has 0 unspecified atom stereocenters. The Kier molecular flexibility index (Phi) is 3.38. The Morgan fingerprint density at radius 3 is 2.89 bits per heavy atom. The van der Waals surface area contributed by atoms with Crippen molar-refractivity contribution in [2.24, 2.45) is 0 Å². The van der Waals surface area contributed by atoms with Crippen LogP contribution < -0.4 is 10.4 Å². The molecule has 18 heavy (non-hydrogen) atoms. The molecule has 1 aromatic carbocycles. The smallest absolute Gasteiger partial charge is 0.248 e. The van der Waals surface area contributed by atoms with Gasteiger partial charge in [-0.1, -0.05) is 0 Å². The van der Waals surface area contributed by atoms with Crippen molar-refractivity contribution in [3.8, 4) is 0 Å². The van der Waals surface area contributed by atoms with Crippen molar-refractivity contribution in [3.63, 3.8) is 0 Å². The molecular weight excluding hydrogens is 252 g/mol. The first-order valence-electron chi connectivity index (χ1n) is 5.12. The third-order valence-electron chi connectivity index (χ3n) is 2.13. The number of anilines is 1. The lowest BCUT2D eigenvalue weighted by Gasteiger charge is -2.01. The third kappa shape index (κ3) is 2.92. The number of carbonyl (C=O) groups is 2. The molecule has 0 saturated heterocycles. The number of carboxylic acids is 1. The second-order valence-corrected chi connectivity index (χ2v) is 4.79. The second-order valence-electron chi connectivity index (χ2n) is 3.56. The molecule has 1 N–H and O–H groups in total. The summed E-state index contributed by atoms with van der Waals surface area (Å²) in [5, 5.41) is 13.7. The van der Waals surface area contributed by atoms with Crippen LogP contribution in [-0.2, 0) is 9.59 Å². The molecule has 1 aromatic heterocycles. The summed E-state index contributed by atoms with van der Waals surface area (Å²) in [6.45, 7) is 1.91. The zero-order chi connectivity index (χ0) is 13.1. The Labute approximate surface area is 107 Å². The highest BCUT2D eigenvalue weighted by Gasteiger charge is 2.03. The van der Waals surface area contributed by atoms with E-state index in [1.54, 1.807) is 18.2 Å². The Morgan fingerprint density at radius 1 is 1.39 bits per heavy atom. The van der Waals surface area contributed by atoms with E-state index >= 15 is 0 Å². The monoisotopic (exact) mass is 261 g/mol. The number of fused-ring (bicyclic) bond motifs is 1. The minimum Gasteiger partial charge on any atom is -0.545 e. The van der Waals surface area contributed by atoms with Crippen molar-refractivity contribution >= 4 is 39.1 Å². The fourth-order valence-corrected chi connectivity index (χ4v) is 2.31. The number of benzene rings is 1. The van der Waals surface area contributed by atoms with Gasteiger partial charge < -0.3 is 15.2 Å². The lowest BCUT2D eigenvalue weighted by molar-refractivity contribution is -0.297. The average Bonchev–Trinajstić information content (AvgIpc) is 2.66. The van der Waals surface area contributed by atoms with Gasteiger partial charge in [0.05, 0.1) is 21.2 Å². The zero-order valence-electron chi connectivity index (χ0n) is 9.47. The number of hydrogen-bond donors (Lipinski definition) is 1. The maximum atomic E-state index is 11.4. The van der Waals surface area contributed by atoms with Crippen LogP contribution >= 0.6 is 11.3 Å². The van der Waals surface area contributed by atoms with Crippen LogP contribution in [0.5, 0.6) is 0 Å². The van der Waals surface area contributed by atoms with Crippen molar-refractivity contribution in [1.29, 1.82) is 0 Å². The minimum atomic E-state index is -1.40. The van der Waals surface area contributed by atoms with E-state index in [1.807, 2.05) is 6.92 Å². The van der Waals surface area contributed by atoms with Gasteiger partial charge in [0.2, 0.25) is 5.91 Å². The summed E-state index contributed by atoms with van der Waals surface area (Å²) in [5.74, 6) is -1.92. The molecule has 0 spiro atoms. The Balaban J connectivity index is 2.16. The van der Waals surface area contributed by atoms with E-state index in [4.69, 9.17) is 0 Å². The van der Waals surface area contributed by atoms with Crippen LogP contribution in [0.4, 0.5) is 5.69 Å². The van der Waals surface area contributed by atoms with Gasteiger partial charge in [0, 0.05) is 11.8 Å². The van der Waals surface area contributed by atoms with Gasteiger partial charge in [0.1, 0.15) is 0 Å². The molecule has 1 amide bonds. The number of carboxylic acid groups (broad SMARTS) is 1. The molecule has 0 fully saturated rings. The number of nitrogens with zero attached hydrogens (tertiary/aromatic N) is 1. The molecule has 6 heteroatoms. The van der Waals surface area contributed by atoms with E-state index in [0.717, 1.165) is 21.3 Å². The Bertz CT molecular complexity index is 646. The quantitative estimate of drug-likeness (QED) is 0.830. The maximum Gasteiger partial charge on any atom is 0.248 e. The van der Waals surface area contributed by atoms with Crippen LogP contribution in [0.15, 0.2) is 30.4 Å². The first-order chi connectivity index (χ1) is 8.54. The van der Waals surface area contributed by atoms with Gasteiger partial charge in [0.25, 0.3) is 0 Å². The van der Waals surface area contributed by atoms with Gasteiger partial charge in [-0.2, -0.15) is 0 Å². The molecule has 0 aliphatic heterocycles. The summed E-state index contributed by atoms with van der Waals surface area (Å²) in [4.78, 5) is 25.8. The van der Waals surface area contributed by atoms with Crippen molar-refractivity contribution in [2.45, 2.75) is 6.92 Å². The number of rotatable bonds is 3. The van der Waals surface area contributed by atoms with E-state index < -0.39 is 11.9 Å². The highest BCUT2D eigenvalue weighted by Crippen LogP contribution is 2.24. The Hall–Kier alpha value is -2.21. The van der Waals surface area contributed by atoms with Crippen LogP contribution in [0.2, 0.25) is 0 Å². The molecule has 0 atom stereocenters. The number of carbonyl (C=O) groups excluding carboxylic acids is 2. The molecule has 0 aliphatic carbocycles. The molecule has 2 rings (SSSR count). The predicted octanol–water partition coefficient (Wildman–Crippen LogP) is 0.849.